The van der Waals surface area contributed by atoms with Crippen molar-refractivity contribution in [3.05, 3.63) is 42.0 Å². The second kappa shape index (κ2) is 5.56. The first kappa shape index (κ1) is 10.9. The summed E-state index contributed by atoms with van der Waals surface area (Å²) >= 11 is 0. The molecule has 0 fully saturated rings. The number of hydrogen-bond acceptors (Lipinski definition) is 1. The van der Waals surface area contributed by atoms with Crippen molar-refractivity contribution in [2.24, 2.45) is 0 Å². The van der Waals surface area contributed by atoms with Crippen LogP contribution in [0.15, 0.2) is 30.8 Å². The van der Waals surface area contributed by atoms with Gasteiger partial charge in [0.25, 0.3) is 0 Å². The first-order valence-electron chi connectivity index (χ1n) is 3.87. The molecule has 12 heavy (non-hydrogen) atoms. The number of aliphatic hydroxyl groups excluding tert-OH is 1. The highest BCUT2D eigenvalue weighted by Gasteiger charge is 1.89. The van der Waals surface area contributed by atoms with E-state index in [4.69, 9.17) is 5.11 Å². The SMILES string of the molecule is C=C(C)c1ccc(C)cc1.CO. The van der Waals surface area contributed by atoms with E-state index >= 15 is 0 Å². The molecule has 0 spiro atoms. The lowest BCUT2D eigenvalue weighted by Gasteiger charge is -1.98. The van der Waals surface area contributed by atoms with Crippen LogP contribution in [0.2, 0.25) is 0 Å². The first-order valence-corrected chi connectivity index (χ1v) is 3.87. The predicted octanol–water partition coefficient (Wildman–Crippen LogP) is 2.64. The molecule has 0 aromatic heterocycles. The summed E-state index contributed by atoms with van der Waals surface area (Å²) in [7, 11) is 1.00. The van der Waals surface area contributed by atoms with E-state index in [1.807, 2.05) is 6.92 Å². The third-order valence-corrected chi connectivity index (χ3v) is 1.54. The predicted molar refractivity (Wildman–Crippen MR) is 54.0 cm³/mol. The smallest absolute Gasteiger partial charge is 0.0319 e. The molecule has 1 nitrogen and oxygen atoms in total. The third-order valence-electron chi connectivity index (χ3n) is 1.54. The largest absolute Gasteiger partial charge is 0.400 e. The van der Waals surface area contributed by atoms with Gasteiger partial charge in [0.1, 0.15) is 0 Å². The van der Waals surface area contributed by atoms with Crippen LogP contribution in [0.1, 0.15) is 18.1 Å². The normalized spacial score (nSPS) is 8.33. The van der Waals surface area contributed by atoms with Crippen molar-refractivity contribution < 1.29 is 5.11 Å². The molecule has 0 aliphatic rings. The summed E-state index contributed by atoms with van der Waals surface area (Å²) in [6.07, 6.45) is 0. The maximum absolute atomic E-state index is 7.00. The van der Waals surface area contributed by atoms with E-state index in [9.17, 15) is 0 Å². The minimum Gasteiger partial charge on any atom is -0.400 e. The van der Waals surface area contributed by atoms with Gasteiger partial charge in [0, 0.05) is 7.11 Å². The zero-order chi connectivity index (χ0) is 9.56. The van der Waals surface area contributed by atoms with Gasteiger partial charge in [0.2, 0.25) is 0 Å². The maximum Gasteiger partial charge on any atom is 0.0319 e. The summed E-state index contributed by atoms with van der Waals surface area (Å²) in [5.41, 5.74) is 3.65. The average molecular weight is 164 g/mol. The van der Waals surface area contributed by atoms with E-state index in [2.05, 4.69) is 37.8 Å². The molecule has 1 N–H and O–H groups in total. The van der Waals surface area contributed by atoms with E-state index in [1.54, 1.807) is 0 Å². The fourth-order valence-corrected chi connectivity index (χ4v) is 0.838. The minimum absolute atomic E-state index is 1.00. The number of benzene rings is 1. The molecule has 1 heteroatoms. The van der Waals surface area contributed by atoms with Gasteiger partial charge in [-0.05, 0) is 19.4 Å². The number of hydrogen-bond donors (Lipinski definition) is 1. The molecule has 1 aromatic rings. The molecular formula is C11H16O. The van der Waals surface area contributed by atoms with Gasteiger partial charge < -0.3 is 5.11 Å². The Kier molecular flexibility index (Phi) is 5.06. The van der Waals surface area contributed by atoms with E-state index in [0.717, 1.165) is 12.7 Å². The van der Waals surface area contributed by atoms with Crippen molar-refractivity contribution in [3.8, 4) is 0 Å². The molecule has 1 rings (SSSR count). The molecule has 0 saturated carbocycles. The molecule has 0 bridgehead atoms. The zero-order valence-corrected chi connectivity index (χ0v) is 7.96. The van der Waals surface area contributed by atoms with Crippen molar-refractivity contribution in [3.63, 3.8) is 0 Å². The minimum atomic E-state index is 1.00. The monoisotopic (exact) mass is 164 g/mol. The van der Waals surface area contributed by atoms with Crippen LogP contribution in [0.4, 0.5) is 0 Å². The molecule has 66 valence electrons. The van der Waals surface area contributed by atoms with Crippen LogP contribution >= 0.6 is 0 Å². The lowest BCUT2D eigenvalue weighted by atomic mass is 10.1. The Labute approximate surface area is 74.4 Å². The summed E-state index contributed by atoms with van der Waals surface area (Å²) in [6, 6.07) is 8.39. The van der Waals surface area contributed by atoms with Crippen LogP contribution in [0, 0.1) is 6.92 Å². The van der Waals surface area contributed by atoms with Gasteiger partial charge in [-0.3, -0.25) is 0 Å². The van der Waals surface area contributed by atoms with Crippen molar-refractivity contribution in [2.45, 2.75) is 13.8 Å². The van der Waals surface area contributed by atoms with Crippen LogP contribution < -0.4 is 0 Å². The number of aryl methyl sites for hydroxylation is 1. The van der Waals surface area contributed by atoms with Gasteiger partial charge in [0.15, 0.2) is 0 Å². The van der Waals surface area contributed by atoms with Crippen molar-refractivity contribution in [1.82, 2.24) is 0 Å². The second-order valence-electron chi connectivity index (χ2n) is 2.65. The Bertz CT molecular complexity index is 234. The molecule has 0 unspecified atom stereocenters. The summed E-state index contributed by atoms with van der Waals surface area (Å²) in [5, 5.41) is 7.00. The van der Waals surface area contributed by atoms with Crippen LogP contribution in [-0.2, 0) is 0 Å². The standard InChI is InChI=1S/C10H12.CH4O/c1-8(2)10-6-4-9(3)5-7-10;1-2/h4-7H,1H2,2-3H3;2H,1H3. The number of allylic oxidation sites excluding steroid dienone is 1. The van der Waals surface area contributed by atoms with Crippen LogP contribution in [0.3, 0.4) is 0 Å². The fraction of sp³-hybridized carbons (Fsp3) is 0.273. The van der Waals surface area contributed by atoms with E-state index < -0.39 is 0 Å². The Morgan fingerprint density at radius 2 is 1.58 bits per heavy atom. The van der Waals surface area contributed by atoms with E-state index in [1.165, 1.54) is 11.1 Å². The van der Waals surface area contributed by atoms with Crippen molar-refractivity contribution in [1.29, 1.82) is 0 Å². The molecule has 0 heterocycles. The quantitative estimate of drug-likeness (QED) is 0.676. The molecule has 0 aliphatic heterocycles. The van der Waals surface area contributed by atoms with Gasteiger partial charge in [-0.25, -0.2) is 0 Å². The second-order valence-corrected chi connectivity index (χ2v) is 2.65. The number of rotatable bonds is 1. The maximum atomic E-state index is 7.00. The summed E-state index contributed by atoms with van der Waals surface area (Å²) in [5.74, 6) is 0. The van der Waals surface area contributed by atoms with Crippen LogP contribution in [-0.4, -0.2) is 12.2 Å². The van der Waals surface area contributed by atoms with E-state index in [-0.39, 0.29) is 0 Å². The summed E-state index contributed by atoms with van der Waals surface area (Å²) in [6.45, 7) is 7.96. The van der Waals surface area contributed by atoms with Crippen molar-refractivity contribution >= 4 is 5.57 Å². The zero-order valence-electron chi connectivity index (χ0n) is 7.96. The summed E-state index contributed by atoms with van der Waals surface area (Å²) in [4.78, 5) is 0. The Morgan fingerprint density at radius 1 is 1.17 bits per heavy atom. The highest BCUT2D eigenvalue weighted by atomic mass is 16.2. The highest BCUT2D eigenvalue weighted by Crippen LogP contribution is 2.11. The lowest BCUT2D eigenvalue weighted by molar-refractivity contribution is 0.399. The van der Waals surface area contributed by atoms with Gasteiger partial charge in [-0.1, -0.05) is 42.0 Å². The first-order chi connectivity index (χ1) is 5.70. The molecular weight excluding hydrogens is 148 g/mol. The third kappa shape index (κ3) is 3.35. The molecule has 0 amide bonds. The summed E-state index contributed by atoms with van der Waals surface area (Å²) < 4.78 is 0. The van der Waals surface area contributed by atoms with Gasteiger partial charge in [-0.2, -0.15) is 0 Å². The highest BCUT2D eigenvalue weighted by molar-refractivity contribution is 5.61. The molecule has 0 radical (unpaired) electrons. The van der Waals surface area contributed by atoms with Gasteiger partial charge in [0.05, 0.1) is 0 Å². The number of aliphatic hydroxyl groups is 1. The van der Waals surface area contributed by atoms with Gasteiger partial charge in [-0.15, -0.1) is 0 Å². The molecule has 0 aliphatic carbocycles. The molecule has 0 saturated heterocycles. The molecule has 0 atom stereocenters. The van der Waals surface area contributed by atoms with Crippen LogP contribution in [0.5, 0.6) is 0 Å². The Hall–Kier alpha value is -1.08. The average Bonchev–Trinajstić information content (AvgIpc) is 2.09. The lowest BCUT2D eigenvalue weighted by Crippen LogP contribution is -1.76. The van der Waals surface area contributed by atoms with Crippen molar-refractivity contribution in [2.75, 3.05) is 7.11 Å². The Balaban J connectivity index is 0.000000561. The van der Waals surface area contributed by atoms with Gasteiger partial charge >= 0.3 is 0 Å². The fourth-order valence-electron chi connectivity index (χ4n) is 0.838. The Morgan fingerprint density at radius 3 is 1.92 bits per heavy atom. The molecule has 1 aromatic carbocycles. The topological polar surface area (TPSA) is 20.2 Å². The van der Waals surface area contributed by atoms with Crippen LogP contribution in [0.25, 0.3) is 5.57 Å². The van der Waals surface area contributed by atoms with E-state index in [0.29, 0.717) is 0 Å².